The van der Waals surface area contributed by atoms with Crippen LogP contribution in [0.3, 0.4) is 0 Å². The Hall–Kier alpha value is 0.0200. The summed E-state index contributed by atoms with van der Waals surface area (Å²) in [5, 5.41) is 0.607. The van der Waals surface area contributed by atoms with Gasteiger partial charge in [0, 0.05) is 32.7 Å². The number of aromatic nitrogens is 2. The van der Waals surface area contributed by atoms with E-state index in [1.165, 1.54) is 13.1 Å². The van der Waals surface area contributed by atoms with Crippen molar-refractivity contribution in [1.29, 1.82) is 0 Å². The number of nitrogens with zero attached hydrogens (tertiary/aromatic N) is 4. The minimum absolute atomic E-state index is 0.326. The Morgan fingerprint density at radius 1 is 1.28 bits per heavy atom. The molecule has 3 fully saturated rings. The second kappa shape index (κ2) is 5.19. The molecule has 3 aliphatic heterocycles. The molecule has 1 unspecified atom stereocenters. The summed E-state index contributed by atoms with van der Waals surface area (Å²) in [6.07, 6.45) is 0.907. The number of fused-ring (bicyclic) bond motifs is 3. The maximum Gasteiger partial charge on any atom is 0.148 e. The van der Waals surface area contributed by atoms with E-state index in [0.29, 0.717) is 11.2 Å². The van der Waals surface area contributed by atoms with Crippen molar-refractivity contribution in [2.45, 2.75) is 19.4 Å². The van der Waals surface area contributed by atoms with Crippen LogP contribution in [0.4, 0.5) is 0 Å². The van der Waals surface area contributed by atoms with Crippen LogP contribution in [0.2, 0.25) is 5.15 Å². The van der Waals surface area contributed by atoms with Crippen LogP contribution in [-0.4, -0.2) is 52.5 Å². The van der Waals surface area contributed by atoms with Crippen molar-refractivity contribution in [1.82, 2.24) is 19.8 Å². The lowest BCUT2D eigenvalue weighted by Gasteiger charge is -2.46. The van der Waals surface area contributed by atoms with E-state index < -0.39 is 0 Å². The van der Waals surface area contributed by atoms with Crippen molar-refractivity contribution in [2.75, 3.05) is 32.7 Å². The number of hydrogen-bond donors (Lipinski definition) is 0. The Bertz CT molecular complexity index is 460. The third-order valence-electron chi connectivity index (χ3n) is 3.81. The highest BCUT2D eigenvalue weighted by atomic mass is 127. The highest BCUT2D eigenvalue weighted by Crippen LogP contribution is 2.29. The highest BCUT2D eigenvalue weighted by Gasteiger charge is 2.34. The first-order valence-corrected chi connectivity index (χ1v) is 7.83. The summed E-state index contributed by atoms with van der Waals surface area (Å²) in [5.41, 5.74) is 1.07. The van der Waals surface area contributed by atoms with Crippen LogP contribution < -0.4 is 0 Å². The van der Waals surface area contributed by atoms with Crippen molar-refractivity contribution >= 4 is 34.2 Å². The Labute approximate surface area is 126 Å². The SMILES string of the molecule is CCc1nc(C2CN3CCN2CC3)nc(Cl)c1I. The van der Waals surface area contributed by atoms with Crippen LogP contribution in [-0.2, 0) is 6.42 Å². The molecule has 3 aliphatic rings. The van der Waals surface area contributed by atoms with Gasteiger partial charge in [-0.1, -0.05) is 18.5 Å². The zero-order valence-corrected chi connectivity index (χ0v) is 13.3. The van der Waals surface area contributed by atoms with Crippen LogP contribution in [0.5, 0.6) is 0 Å². The molecular formula is C12H16ClIN4. The van der Waals surface area contributed by atoms with Crippen LogP contribution in [0.25, 0.3) is 0 Å². The van der Waals surface area contributed by atoms with Gasteiger partial charge in [-0.25, -0.2) is 9.97 Å². The second-order valence-corrected chi connectivity index (χ2v) is 6.28. The summed E-state index contributed by atoms with van der Waals surface area (Å²) in [6.45, 7) is 7.75. The third-order valence-corrected chi connectivity index (χ3v) is 5.53. The molecule has 4 heterocycles. The standard InChI is InChI=1S/C12H16ClIN4/c1-2-8-10(14)11(13)16-12(15-8)9-7-17-3-5-18(9)6-4-17/h9H,2-7H2,1H3. The van der Waals surface area contributed by atoms with Crippen LogP contribution in [0.15, 0.2) is 0 Å². The molecule has 0 radical (unpaired) electrons. The van der Waals surface area contributed by atoms with Gasteiger partial charge >= 0.3 is 0 Å². The smallest absolute Gasteiger partial charge is 0.148 e. The lowest BCUT2D eigenvalue weighted by atomic mass is 10.1. The molecule has 1 aromatic rings. The van der Waals surface area contributed by atoms with Crippen LogP contribution >= 0.6 is 34.2 Å². The normalized spacial score (nSPS) is 30.7. The molecule has 0 saturated carbocycles. The van der Waals surface area contributed by atoms with Crippen molar-refractivity contribution in [3.8, 4) is 0 Å². The van der Waals surface area contributed by atoms with Gasteiger partial charge in [-0.3, -0.25) is 9.80 Å². The summed E-state index contributed by atoms with van der Waals surface area (Å²) in [6, 6.07) is 0.326. The summed E-state index contributed by atoms with van der Waals surface area (Å²) >= 11 is 8.46. The molecule has 0 aliphatic carbocycles. The number of halogens is 2. The van der Waals surface area contributed by atoms with Gasteiger partial charge in [-0.2, -0.15) is 0 Å². The Morgan fingerprint density at radius 3 is 2.56 bits per heavy atom. The van der Waals surface area contributed by atoms with E-state index >= 15 is 0 Å². The summed E-state index contributed by atoms with van der Waals surface area (Å²) in [7, 11) is 0. The van der Waals surface area contributed by atoms with Crippen molar-refractivity contribution in [3.05, 3.63) is 20.2 Å². The molecule has 0 amide bonds. The Balaban J connectivity index is 1.94. The molecular weight excluding hydrogens is 363 g/mol. The zero-order chi connectivity index (χ0) is 12.7. The molecule has 0 aromatic carbocycles. The average molecular weight is 379 g/mol. The predicted octanol–water partition coefficient (Wildman–Crippen LogP) is 1.97. The summed E-state index contributed by atoms with van der Waals surface area (Å²) < 4.78 is 0.997. The molecule has 1 atom stereocenters. The predicted molar refractivity (Wildman–Crippen MR) is 79.9 cm³/mol. The van der Waals surface area contributed by atoms with Crippen molar-refractivity contribution in [2.24, 2.45) is 0 Å². The largest absolute Gasteiger partial charge is 0.299 e. The van der Waals surface area contributed by atoms with E-state index in [-0.39, 0.29) is 0 Å². The Morgan fingerprint density at radius 2 is 2.00 bits per heavy atom. The number of hydrogen-bond acceptors (Lipinski definition) is 4. The molecule has 4 rings (SSSR count). The molecule has 98 valence electrons. The van der Waals surface area contributed by atoms with Gasteiger partial charge in [0.2, 0.25) is 0 Å². The lowest BCUT2D eigenvalue weighted by molar-refractivity contribution is 0.00855. The lowest BCUT2D eigenvalue weighted by Crippen LogP contribution is -2.57. The molecule has 1 aromatic heterocycles. The van der Waals surface area contributed by atoms with Crippen molar-refractivity contribution in [3.63, 3.8) is 0 Å². The first kappa shape index (κ1) is 13.0. The first-order valence-electron chi connectivity index (χ1n) is 6.37. The number of rotatable bonds is 2. The number of piperazine rings is 3. The minimum Gasteiger partial charge on any atom is -0.299 e. The van der Waals surface area contributed by atoms with E-state index in [1.54, 1.807) is 0 Å². The second-order valence-electron chi connectivity index (χ2n) is 4.84. The average Bonchev–Trinajstić information content (AvgIpc) is 2.43. The minimum atomic E-state index is 0.326. The molecule has 4 nitrogen and oxygen atoms in total. The fourth-order valence-electron chi connectivity index (χ4n) is 2.73. The maximum absolute atomic E-state index is 6.23. The quantitative estimate of drug-likeness (QED) is 0.582. The van der Waals surface area contributed by atoms with Gasteiger partial charge < -0.3 is 0 Å². The summed E-state index contributed by atoms with van der Waals surface area (Å²) in [5.74, 6) is 0.904. The van der Waals surface area contributed by atoms with Gasteiger partial charge in [0.05, 0.1) is 15.3 Å². The zero-order valence-electron chi connectivity index (χ0n) is 10.4. The van der Waals surface area contributed by atoms with Gasteiger partial charge in [0.25, 0.3) is 0 Å². The van der Waals surface area contributed by atoms with Gasteiger partial charge in [0.15, 0.2) is 0 Å². The molecule has 0 spiro atoms. The van der Waals surface area contributed by atoms with E-state index in [0.717, 1.165) is 41.1 Å². The molecule has 0 N–H and O–H groups in total. The van der Waals surface area contributed by atoms with E-state index in [4.69, 9.17) is 16.6 Å². The fourth-order valence-corrected chi connectivity index (χ4v) is 3.55. The molecule has 3 saturated heterocycles. The van der Waals surface area contributed by atoms with Gasteiger partial charge in [0.1, 0.15) is 11.0 Å². The van der Waals surface area contributed by atoms with Crippen LogP contribution in [0, 0.1) is 3.57 Å². The first-order chi connectivity index (χ1) is 8.69. The Kier molecular flexibility index (Phi) is 3.75. The number of aryl methyl sites for hydroxylation is 1. The molecule has 18 heavy (non-hydrogen) atoms. The van der Waals surface area contributed by atoms with Crippen LogP contribution in [0.1, 0.15) is 24.5 Å². The maximum atomic E-state index is 6.23. The topological polar surface area (TPSA) is 32.3 Å². The van der Waals surface area contributed by atoms with E-state index in [2.05, 4.69) is 44.3 Å². The third kappa shape index (κ3) is 2.26. The molecule has 6 heteroatoms. The fraction of sp³-hybridized carbons (Fsp3) is 0.667. The van der Waals surface area contributed by atoms with Crippen molar-refractivity contribution < 1.29 is 0 Å². The van der Waals surface area contributed by atoms with E-state index in [1.807, 2.05) is 0 Å². The monoisotopic (exact) mass is 378 g/mol. The van der Waals surface area contributed by atoms with E-state index in [9.17, 15) is 0 Å². The highest BCUT2D eigenvalue weighted by molar-refractivity contribution is 14.1. The summed E-state index contributed by atoms with van der Waals surface area (Å²) in [4.78, 5) is 14.2. The van der Waals surface area contributed by atoms with Gasteiger partial charge in [-0.15, -0.1) is 0 Å². The molecule has 2 bridgehead atoms. The van der Waals surface area contributed by atoms with Gasteiger partial charge in [-0.05, 0) is 29.0 Å².